The van der Waals surface area contributed by atoms with Crippen LogP contribution in [0.1, 0.15) is 30.3 Å². The van der Waals surface area contributed by atoms with Crippen molar-refractivity contribution in [1.29, 1.82) is 0 Å². The number of nitrogens with zero attached hydrogens (tertiary/aromatic N) is 4. The van der Waals surface area contributed by atoms with Crippen LogP contribution >= 0.6 is 11.6 Å². The number of aryl methyl sites for hydroxylation is 1. The Bertz CT molecular complexity index is 937. The molecular weight excluding hydrogens is 355 g/mol. The summed E-state index contributed by atoms with van der Waals surface area (Å²) in [4.78, 5) is 18.8. The van der Waals surface area contributed by atoms with E-state index in [1.165, 1.54) is 17.0 Å². The third kappa shape index (κ3) is 3.46. The summed E-state index contributed by atoms with van der Waals surface area (Å²) in [6, 6.07) is 12.8. The van der Waals surface area contributed by atoms with E-state index in [-0.39, 0.29) is 23.6 Å². The number of hydrogen-bond acceptors (Lipinski definition) is 3. The summed E-state index contributed by atoms with van der Waals surface area (Å²) < 4.78 is 14.8. The predicted molar refractivity (Wildman–Crippen MR) is 99.5 cm³/mol. The van der Waals surface area contributed by atoms with Crippen molar-refractivity contribution in [2.24, 2.45) is 0 Å². The maximum atomic E-state index is 13.2. The lowest BCUT2D eigenvalue weighted by Gasteiger charge is -2.25. The fourth-order valence-electron chi connectivity index (χ4n) is 2.69. The van der Waals surface area contributed by atoms with Gasteiger partial charge in [0, 0.05) is 11.7 Å². The van der Waals surface area contributed by atoms with Gasteiger partial charge in [-0.25, -0.2) is 14.1 Å². The molecule has 2 aromatic carbocycles. The number of carbonyl (C=O) groups is 1. The molecule has 1 aromatic heterocycles. The highest BCUT2D eigenvalue weighted by molar-refractivity contribution is 6.32. The molecule has 134 valence electrons. The molecular formula is C19H18ClFN4O. The van der Waals surface area contributed by atoms with Crippen molar-refractivity contribution in [2.45, 2.75) is 26.8 Å². The van der Waals surface area contributed by atoms with E-state index in [1.54, 1.807) is 35.9 Å². The van der Waals surface area contributed by atoms with Crippen molar-refractivity contribution in [3.63, 3.8) is 0 Å². The summed E-state index contributed by atoms with van der Waals surface area (Å²) >= 11 is 6.22. The second kappa shape index (κ2) is 7.25. The largest absolute Gasteiger partial charge is 0.303 e. The molecule has 0 spiro atoms. The van der Waals surface area contributed by atoms with Gasteiger partial charge in [-0.2, -0.15) is 0 Å². The topological polar surface area (TPSA) is 51.0 Å². The van der Waals surface area contributed by atoms with Crippen molar-refractivity contribution >= 4 is 23.2 Å². The number of amides is 1. The van der Waals surface area contributed by atoms with Crippen LogP contribution in [-0.2, 0) is 0 Å². The summed E-state index contributed by atoms with van der Waals surface area (Å²) in [5.74, 6) is -0.118. The Hall–Kier alpha value is -2.73. The first-order valence-corrected chi connectivity index (χ1v) is 8.54. The molecule has 3 aromatic rings. The third-order valence-corrected chi connectivity index (χ3v) is 4.20. The molecule has 0 saturated heterocycles. The first kappa shape index (κ1) is 18.1. The Morgan fingerprint density at radius 1 is 1.15 bits per heavy atom. The standard InChI is InChI=1S/C19H18ClFN4O/c1-12(2)24(15-10-8-14(21)9-11-15)19(26)18-22-13(3)25(23-18)17-7-5-4-6-16(17)20/h4-12H,1-3H3. The quantitative estimate of drug-likeness (QED) is 0.681. The Morgan fingerprint density at radius 2 is 1.81 bits per heavy atom. The second-order valence-corrected chi connectivity index (χ2v) is 6.50. The molecule has 0 aliphatic rings. The maximum Gasteiger partial charge on any atom is 0.298 e. The van der Waals surface area contributed by atoms with Crippen LogP contribution in [0, 0.1) is 12.7 Å². The summed E-state index contributed by atoms with van der Waals surface area (Å²) in [7, 11) is 0. The number of carbonyl (C=O) groups excluding carboxylic acids is 1. The zero-order valence-electron chi connectivity index (χ0n) is 14.6. The molecule has 0 atom stereocenters. The summed E-state index contributed by atoms with van der Waals surface area (Å²) in [5.41, 5.74) is 1.23. The minimum atomic E-state index is -0.361. The average Bonchev–Trinajstić information content (AvgIpc) is 2.98. The molecule has 0 aliphatic heterocycles. The van der Waals surface area contributed by atoms with Gasteiger partial charge in [-0.15, -0.1) is 5.10 Å². The number of para-hydroxylation sites is 1. The molecule has 0 saturated carbocycles. The van der Waals surface area contributed by atoms with Crippen molar-refractivity contribution in [1.82, 2.24) is 14.8 Å². The van der Waals surface area contributed by atoms with E-state index < -0.39 is 0 Å². The fraction of sp³-hybridized carbons (Fsp3) is 0.211. The predicted octanol–water partition coefficient (Wildman–Crippen LogP) is 4.42. The normalized spacial score (nSPS) is 11.0. The van der Waals surface area contributed by atoms with Gasteiger partial charge in [-0.3, -0.25) is 4.79 Å². The molecule has 26 heavy (non-hydrogen) atoms. The van der Waals surface area contributed by atoms with Crippen molar-refractivity contribution in [2.75, 3.05) is 4.90 Å². The zero-order chi connectivity index (χ0) is 18.8. The molecule has 1 amide bonds. The maximum absolute atomic E-state index is 13.2. The number of benzene rings is 2. The Labute approximate surface area is 156 Å². The molecule has 0 bridgehead atoms. The van der Waals surface area contributed by atoms with Crippen molar-refractivity contribution in [3.05, 3.63) is 71.0 Å². The number of aromatic nitrogens is 3. The smallest absolute Gasteiger partial charge is 0.298 e. The lowest BCUT2D eigenvalue weighted by atomic mass is 10.2. The summed E-state index contributed by atoms with van der Waals surface area (Å²) in [5, 5.41) is 4.86. The van der Waals surface area contributed by atoms with Gasteiger partial charge in [0.25, 0.3) is 5.91 Å². The second-order valence-electron chi connectivity index (χ2n) is 6.09. The monoisotopic (exact) mass is 372 g/mol. The highest BCUT2D eigenvalue weighted by Crippen LogP contribution is 2.22. The number of hydrogen-bond donors (Lipinski definition) is 0. The van der Waals surface area contributed by atoms with Crippen molar-refractivity contribution in [3.8, 4) is 5.69 Å². The highest BCUT2D eigenvalue weighted by Gasteiger charge is 2.25. The zero-order valence-corrected chi connectivity index (χ0v) is 15.4. The number of rotatable bonds is 4. The minimum Gasteiger partial charge on any atom is -0.303 e. The van der Waals surface area contributed by atoms with E-state index in [4.69, 9.17) is 11.6 Å². The van der Waals surface area contributed by atoms with E-state index in [1.807, 2.05) is 26.0 Å². The van der Waals surface area contributed by atoms with Crippen molar-refractivity contribution < 1.29 is 9.18 Å². The first-order valence-electron chi connectivity index (χ1n) is 8.16. The number of anilines is 1. The summed E-state index contributed by atoms with van der Waals surface area (Å²) in [6.45, 7) is 5.50. The molecule has 5 nitrogen and oxygen atoms in total. The van der Waals surface area contributed by atoms with Crippen LogP contribution < -0.4 is 4.90 Å². The minimum absolute atomic E-state index is 0.0560. The van der Waals surface area contributed by atoms with Gasteiger partial charge in [0.05, 0.1) is 10.7 Å². The Balaban J connectivity index is 2.00. The van der Waals surface area contributed by atoms with Crippen LogP contribution in [0.3, 0.4) is 0 Å². The first-order chi connectivity index (χ1) is 12.4. The van der Waals surface area contributed by atoms with Gasteiger partial charge in [-0.05, 0) is 57.2 Å². The van der Waals surface area contributed by atoms with E-state index in [0.717, 1.165) is 0 Å². The van der Waals surface area contributed by atoms with Crippen LogP contribution in [0.15, 0.2) is 48.5 Å². The summed E-state index contributed by atoms with van der Waals surface area (Å²) in [6.07, 6.45) is 0. The van der Waals surface area contributed by atoms with E-state index in [2.05, 4.69) is 10.1 Å². The van der Waals surface area contributed by atoms with Gasteiger partial charge < -0.3 is 4.90 Å². The Morgan fingerprint density at radius 3 is 2.42 bits per heavy atom. The van der Waals surface area contributed by atoms with Crippen LogP contribution in [-0.4, -0.2) is 26.7 Å². The molecule has 1 heterocycles. The molecule has 0 unspecified atom stereocenters. The molecule has 0 N–H and O–H groups in total. The highest BCUT2D eigenvalue weighted by atomic mass is 35.5. The lowest BCUT2D eigenvalue weighted by molar-refractivity contribution is 0.0970. The number of halogens is 2. The van der Waals surface area contributed by atoms with Crippen LogP contribution in [0.25, 0.3) is 5.69 Å². The van der Waals surface area contributed by atoms with E-state index in [9.17, 15) is 9.18 Å². The molecule has 0 aliphatic carbocycles. The van der Waals surface area contributed by atoms with Crippen LogP contribution in [0.4, 0.5) is 10.1 Å². The van der Waals surface area contributed by atoms with Gasteiger partial charge >= 0.3 is 0 Å². The SMILES string of the molecule is Cc1nc(C(=O)N(c2ccc(F)cc2)C(C)C)nn1-c1ccccc1Cl. The molecule has 7 heteroatoms. The Kier molecular flexibility index (Phi) is 5.04. The third-order valence-electron chi connectivity index (χ3n) is 3.88. The molecule has 0 fully saturated rings. The van der Waals surface area contributed by atoms with E-state index >= 15 is 0 Å². The molecule has 3 rings (SSSR count). The van der Waals surface area contributed by atoms with Gasteiger partial charge in [-0.1, -0.05) is 23.7 Å². The molecule has 0 radical (unpaired) electrons. The van der Waals surface area contributed by atoms with Gasteiger partial charge in [0.15, 0.2) is 0 Å². The van der Waals surface area contributed by atoms with E-state index in [0.29, 0.717) is 22.2 Å². The van der Waals surface area contributed by atoms with Gasteiger partial charge in [0.1, 0.15) is 11.6 Å². The fourth-order valence-corrected chi connectivity index (χ4v) is 2.91. The van der Waals surface area contributed by atoms with Gasteiger partial charge in [0.2, 0.25) is 5.82 Å². The van der Waals surface area contributed by atoms with Crippen LogP contribution in [0.5, 0.6) is 0 Å². The lowest BCUT2D eigenvalue weighted by Crippen LogP contribution is -2.37. The average molecular weight is 373 g/mol. The van der Waals surface area contributed by atoms with Crippen LogP contribution in [0.2, 0.25) is 5.02 Å².